The van der Waals surface area contributed by atoms with Gasteiger partial charge in [-0.3, -0.25) is 14.5 Å². The molecule has 0 radical (unpaired) electrons. The van der Waals surface area contributed by atoms with Crippen LogP contribution >= 0.6 is 11.6 Å². The summed E-state index contributed by atoms with van der Waals surface area (Å²) in [6.45, 7) is 6.07. The highest BCUT2D eigenvalue weighted by molar-refractivity contribution is 6.30. The largest absolute Gasteiger partial charge is 0.497 e. The van der Waals surface area contributed by atoms with E-state index in [0.717, 1.165) is 35.7 Å². The number of rotatable bonds is 9. The summed E-state index contributed by atoms with van der Waals surface area (Å²) in [5.74, 6) is 0.508. The smallest absolute Gasteiger partial charge is 0.262 e. The van der Waals surface area contributed by atoms with Crippen molar-refractivity contribution in [2.24, 2.45) is 5.10 Å². The zero-order valence-electron chi connectivity index (χ0n) is 20.9. The fourth-order valence-electron chi connectivity index (χ4n) is 4.48. The molecular formula is C27H33ClN4O4. The number of benzene rings is 2. The lowest BCUT2D eigenvalue weighted by Crippen LogP contribution is -2.46. The van der Waals surface area contributed by atoms with E-state index in [2.05, 4.69) is 4.90 Å². The number of ether oxygens (including phenoxy) is 2. The minimum Gasteiger partial charge on any atom is -0.497 e. The molecule has 0 aliphatic carbocycles. The topological polar surface area (TPSA) is 74.7 Å². The predicted molar refractivity (Wildman–Crippen MR) is 139 cm³/mol. The molecule has 0 aromatic heterocycles. The van der Waals surface area contributed by atoms with Gasteiger partial charge in [-0.1, -0.05) is 30.7 Å². The van der Waals surface area contributed by atoms with Crippen LogP contribution in [0, 0.1) is 0 Å². The summed E-state index contributed by atoms with van der Waals surface area (Å²) < 4.78 is 10.7. The van der Waals surface area contributed by atoms with Gasteiger partial charge in [0.25, 0.3) is 5.91 Å². The molecule has 1 atom stereocenters. The minimum atomic E-state index is -0.273. The molecule has 0 saturated carbocycles. The summed E-state index contributed by atoms with van der Waals surface area (Å²) in [6, 6.07) is 14.9. The van der Waals surface area contributed by atoms with Crippen molar-refractivity contribution in [1.29, 1.82) is 0 Å². The summed E-state index contributed by atoms with van der Waals surface area (Å²) in [4.78, 5) is 30.2. The lowest BCUT2D eigenvalue weighted by atomic mass is 9.98. The van der Waals surface area contributed by atoms with Gasteiger partial charge in [-0.05, 0) is 47.5 Å². The van der Waals surface area contributed by atoms with Gasteiger partial charge in [-0.15, -0.1) is 0 Å². The minimum absolute atomic E-state index is 0.0134. The van der Waals surface area contributed by atoms with Gasteiger partial charge in [0, 0.05) is 44.0 Å². The molecule has 2 aromatic carbocycles. The van der Waals surface area contributed by atoms with Crippen LogP contribution in [0.15, 0.2) is 53.6 Å². The molecule has 192 valence electrons. The molecule has 2 aliphatic heterocycles. The highest BCUT2D eigenvalue weighted by Gasteiger charge is 2.34. The van der Waals surface area contributed by atoms with Crippen molar-refractivity contribution in [3.63, 3.8) is 0 Å². The molecule has 2 aromatic rings. The second-order valence-corrected chi connectivity index (χ2v) is 9.34. The SMILES string of the molecule is CCC(=O)N(CCN1CCOCC1)CC(=O)N1N=C(c2ccc(OC)cc2)C[C@@H]1c1ccc(Cl)cc1. The first-order valence-corrected chi connectivity index (χ1v) is 12.7. The fraction of sp³-hybridized carbons (Fsp3) is 0.444. The Labute approximate surface area is 217 Å². The lowest BCUT2D eigenvalue weighted by Gasteiger charge is -2.31. The van der Waals surface area contributed by atoms with Crippen LogP contribution in [0.5, 0.6) is 5.75 Å². The summed E-state index contributed by atoms with van der Waals surface area (Å²) in [5.41, 5.74) is 2.69. The van der Waals surface area contributed by atoms with Crippen LogP contribution in [0.2, 0.25) is 5.02 Å². The molecule has 2 amide bonds. The Balaban J connectivity index is 1.54. The van der Waals surface area contributed by atoms with Crippen molar-refractivity contribution in [1.82, 2.24) is 14.8 Å². The number of carbonyl (C=O) groups is 2. The fourth-order valence-corrected chi connectivity index (χ4v) is 4.61. The molecule has 2 heterocycles. The Kier molecular flexibility index (Phi) is 8.96. The van der Waals surface area contributed by atoms with Crippen LogP contribution in [0.4, 0.5) is 0 Å². The highest BCUT2D eigenvalue weighted by atomic mass is 35.5. The van der Waals surface area contributed by atoms with Crippen LogP contribution in [0.3, 0.4) is 0 Å². The Morgan fingerprint density at radius 2 is 1.81 bits per heavy atom. The first-order valence-electron chi connectivity index (χ1n) is 12.4. The number of hydrazone groups is 1. The van der Waals surface area contributed by atoms with Crippen molar-refractivity contribution >= 4 is 29.1 Å². The van der Waals surface area contributed by atoms with Crippen molar-refractivity contribution in [3.8, 4) is 5.75 Å². The van der Waals surface area contributed by atoms with Crippen molar-refractivity contribution in [3.05, 3.63) is 64.7 Å². The van der Waals surface area contributed by atoms with Crippen LogP contribution in [-0.4, -0.2) is 85.4 Å². The average molecular weight is 513 g/mol. The Morgan fingerprint density at radius 3 is 2.44 bits per heavy atom. The van der Waals surface area contributed by atoms with E-state index in [1.165, 1.54) is 5.01 Å². The number of hydrogen-bond donors (Lipinski definition) is 0. The average Bonchev–Trinajstić information content (AvgIpc) is 3.37. The second kappa shape index (κ2) is 12.3. The quantitative estimate of drug-likeness (QED) is 0.513. The van der Waals surface area contributed by atoms with E-state index in [-0.39, 0.29) is 24.4 Å². The molecular weight excluding hydrogens is 480 g/mol. The first kappa shape index (κ1) is 26.1. The van der Waals surface area contributed by atoms with Crippen LogP contribution in [0.1, 0.15) is 36.9 Å². The molecule has 1 saturated heterocycles. The Morgan fingerprint density at radius 1 is 1.11 bits per heavy atom. The van der Waals surface area contributed by atoms with Gasteiger partial charge in [-0.25, -0.2) is 5.01 Å². The first-order chi connectivity index (χ1) is 17.5. The van der Waals surface area contributed by atoms with E-state index in [0.29, 0.717) is 44.2 Å². The van der Waals surface area contributed by atoms with Crippen LogP contribution in [-0.2, 0) is 14.3 Å². The van der Waals surface area contributed by atoms with E-state index >= 15 is 0 Å². The third-order valence-corrected chi connectivity index (χ3v) is 6.87. The van der Waals surface area contributed by atoms with Gasteiger partial charge in [-0.2, -0.15) is 5.10 Å². The zero-order valence-corrected chi connectivity index (χ0v) is 21.6. The summed E-state index contributed by atoms with van der Waals surface area (Å²) in [5, 5.41) is 6.91. The number of nitrogens with zero attached hydrogens (tertiary/aromatic N) is 4. The molecule has 4 rings (SSSR count). The van der Waals surface area contributed by atoms with Crippen LogP contribution < -0.4 is 4.74 Å². The van der Waals surface area contributed by atoms with Crippen LogP contribution in [0.25, 0.3) is 0 Å². The predicted octanol–water partition coefficient (Wildman–Crippen LogP) is 3.60. The third kappa shape index (κ3) is 6.43. The summed E-state index contributed by atoms with van der Waals surface area (Å²) in [7, 11) is 1.63. The van der Waals surface area contributed by atoms with Crippen molar-refractivity contribution in [2.75, 3.05) is 53.0 Å². The maximum absolute atomic E-state index is 13.6. The molecule has 36 heavy (non-hydrogen) atoms. The summed E-state index contributed by atoms with van der Waals surface area (Å²) >= 11 is 6.11. The monoisotopic (exact) mass is 512 g/mol. The van der Waals surface area contributed by atoms with E-state index < -0.39 is 0 Å². The van der Waals surface area contributed by atoms with Crippen molar-refractivity contribution < 1.29 is 19.1 Å². The van der Waals surface area contributed by atoms with Gasteiger partial charge in [0.2, 0.25) is 5.91 Å². The van der Waals surface area contributed by atoms with Gasteiger partial charge >= 0.3 is 0 Å². The van der Waals surface area contributed by atoms with E-state index in [4.69, 9.17) is 26.2 Å². The molecule has 0 unspecified atom stereocenters. The number of methoxy groups -OCH3 is 1. The summed E-state index contributed by atoms with van der Waals surface area (Å²) in [6.07, 6.45) is 0.909. The van der Waals surface area contributed by atoms with Gasteiger partial charge in [0.1, 0.15) is 12.3 Å². The number of hydrogen-bond acceptors (Lipinski definition) is 6. The maximum atomic E-state index is 13.6. The zero-order chi connectivity index (χ0) is 25.5. The van der Waals surface area contributed by atoms with Gasteiger partial charge in [0.05, 0.1) is 32.1 Å². The highest BCUT2D eigenvalue weighted by Crippen LogP contribution is 2.34. The van der Waals surface area contributed by atoms with Gasteiger partial charge in [0.15, 0.2) is 0 Å². The molecule has 1 fully saturated rings. The Bertz CT molecular complexity index is 1070. The third-order valence-electron chi connectivity index (χ3n) is 6.62. The number of amides is 2. The van der Waals surface area contributed by atoms with E-state index in [1.54, 1.807) is 12.0 Å². The maximum Gasteiger partial charge on any atom is 0.262 e. The molecule has 9 heteroatoms. The standard InChI is InChI=1S/C27H33ClN4O4/c1-3-26(33)31(13-12-30-14-16-36-17-15-30)19-27(34)32-25(21-4-8-22(28)9-5-21)18-24(29-32)20-6-10-23(35-2)11-7-20/h4-11,25H,3,12-19H2,1-2H3/t25-/m1/s1. The van der Waals surface area contributed by atoms with Gasteiger partial charge < -0.3 is 14.4 Å². The van der Waals surface area contributed by atoms with E-state index in [9.17, 15) is 9.59 Å². The molecule has 0 spiro atoms. The lowest BCUT2D eigenvalue weighted by molar-refractivity contribution is -0.141. The second-order valence-electron chi connectivity index (χ2n) is 8.91. The molecule has 0 bridgehead atoms. The number of morpholine rings is 1. The van der Waals surface area contributed by atoms with E-state index in [1.807, 2.05) is 55.5 Å². The molecule has 2 aliphatic rings. The van der Waals surface area contributed by atoms with Crippen molar-refractivity contribution in [2.45, 2.75) is 25.8 Å². The molecule has 8 nitrogen and oxygen atoms in total. The molecule has 0 N–H and O–H groups in total. The number of carbonyl (C=O) groups excluding carboxylic acids is 2. The normalized spacial score (nSPS) is 18.1. The Hall–Kier alpha value is -2.94. The number of halogens is 1.